The van der Waals surface area contributed by atoms with Crippen LogP contribution < -0.4 is 5.32 Å². The number of aliphatic carboxylic acids is 1. The molecule has 0 spiro atoms. The largest absolute Gasteiger partial charge is 0.480 e. The highest BCUT2D eigenvalue weighted by atomic mass is 19.1. The van der Waals surface area contributed by atoms with Gasteiger partial charge in [0.15, 0.2) is 0 Å². The number of rotatable bonds is 6. The second-order valence-corrected chi connectivity index (χ2v) is 4.94. The highest BCUT2D eigenvalue weighted by Crippen LogP contribution is 2.33. The summed E-state index contributed by atoms with van der Waals surface area (Å²) in [5.74, 6) is -1.40. The molecule has 2 N–H and O–H groups in total. The van der Waals surface area contributed by atoms with E-state index >= 15 is 0 Å². The first kappa shape index (κ1) is 13.5. The van der Waals surface area contributed by atoms with Gasteiger partial charge < -0.3 is 10.4 Å². The van der Waals surface area contributed by atoms with E-state index in [0.717, 1.165) is 12.8 Å². The molecule has 0 bridgehead atoms. The number of carboxylic acid groups (broad SMARTS) is 1. The Bertz CT molecular complexity index is 485. The molecule has 0 heterocycles. The summed E-state index contributed by atoms with van der Waals surface area (Å²) >= 11 is 0. The summed E-state index contributed by atoms with van der Waals surface area (Å²) in [5, 5.41) is 11.5. The van der Waals surface area contributed by atoms with Crippen LogP contribution in [-0.4, -0.2) is 23.0 Å². The molecule has 19 heavy (non-hydrogen) atoms. The topological polar surface area (TPSA) is 66.4 Å². The number of hydrogen-bond acceptors (Lipinski definition) is 2. The number of amides is 1. The van der Waals surface area contributed by atoms with Gasteiger partial charge in [-0.1, -0.05) is 25.0 Å². The summed E-state index contributed by atoms with van der Waals surface area (Å²) < 4.78 is 13.0. The van der Waals surface area contributed by atoms with Crippen LogP contribution >= 0.6 is 0 Å². The molecule has 1 aromatic rings. The highest BCUT2D eigenvalue weighted by molar-refractivity contribution is 5.84. The van der Waals surface area contributed by atoms with Crippen molar-refractivity contribution in [3.05, 3.63) is 35.6 Å². The van der Waals surface area contributed by atoms with Gasteiger partial charge in [0, 0.05) is 0 Å². The zero-order valence-electron chi connectivity index (χ0n) is 10.4. The fourth-order valence-corrected chi connectivity index (χ4v) is 1.99. The third-order valence-electron chi connectivity index (χ3n) is 3.15. The highest BCUT2D eigenvalue weighted by Gasteiger charge is 2.30. The van der Waals surface area contributed by atoms with Crippen molar-refractivity contribution in [3.8, 4) is 0 Å². The lowest BCUT2D eigenvalue weighted by atomic mass is 10.1. The van der Waals surface area contributed by atoms with E-state index in [0.29, 0.717) is 17.9 Å². The molecule has 0 radical (unpaired) electrons. The van der Waals surface area contributed by atoms with Crippen LogP contribution in [0.25, 0.3) is 0 Å². The van der Waals surface area contributed by atoms with E-state index in [4.69, 9.17) is 5.11 Å². The number of nitrogens with one attached hydrogen (secondary N) is 1. The number of carboxylic acids is 1. The molecule has 102 valence electrons. The number of carbonyl (C=O) groups excluding carboxylic acids is 1. The third kappa shape index (κ3) is 4.35. The van der Waals surface area contributed by atoms with Crippen molar-refractivity contribution >= 4 is 11.9 Å². The first-order valence-electron chi connectivity index (χ1n) is 6.31. The number of hydrogen-bond donors (Lipinski definition) is 2. The summed E-state index contributed by atoms with van der Waals surface area (Å²) in [5.41, 5.74) is 0.535. The van der Waals surface area contributed by atoms with E-state index < -0.39 is 23.7 Å². The van der Waals surface area contributed by atoms with E-state index in [2.05, 4.69) is 5.32 Å². The Labute approximate surface area is 110 Å². The van der Waals surface area contributed by atoms with E-state index in [1.807, 2.05) is 0 Å². The Balaban J connectivity index is 1.89. The van der Waals surface area contributed by atoms with Crippen molar-refractivity contribution in [2.45, 2.75) is 31.7 Å². The van der Waals surface area contributed by atoms with Crippen LogP contribution in [0.4, 0.5) is 4.39 Å². The fourth-order valence-electron chi connectivity index (χ4n) is 1.99. The first-order valence-corrected chi connectivity index (χ1v) is 6.31. The van der Waals surface area contributed by atoms with Crippen molar-refractivity contribution in [1.29, 1.82) is 0 Å². The van der Waals surface area contributed by atoms with Crippen LogP contribution in [0.1, 0.15) is 24.8 Å². The molecule has 0 aromatic heterocycles. The zero-order valence-corrected chi connectivity index (χ0v) is 10.4. The van der Waals surface area contributed by atoms with Gasteiger partial charge in [-0.15, -0.1) is 0 Å². The Morgan fingerprint density at radius 2 is 2.16 bits per heavy atom. The van der Waals surface area contributed by atoms with E-state index in [9.17, 15) is 14.0 Å². The fraction of sp³-hybridized carbons (Fsp3) is 0.429. The molecule has 4 nitrogen and oxygen atoms in total. The number of halogens is 1. The second-order valence-electron chi connectivity index (χ2n) is 4.94. The molecular formula is C14H16FNO3. The molecule has 1 aliphatic carbocycles. The van der Waals surface area contributed by atoms with Crippen molar-refractivity contribution < 1.29 is 19.1 Å². The van der Waals surface area contributed by atoms with Crippen LogP contribution in [0.2, 0.25) is 0 Å². The Morgan fingerprint density at radius 3 is 2.74 bits per heavy atom. The van der Waals surface area contributed by atoms with Crippen molar-refractivity contribution in [2.75, 3.05) is 0 Å². The van der Waals surface area contributed by atoms with Gasteiger partial charge in [-0.25, -0.2) is 9.18 Å². The molecule has 0 saturated heterocycles. The van der Waals surface area contributed by atoms with Gasteiger partial charge in [0.2, 0.25) is 5.91 Å². The maximum atomic E-state index is 13.0. The van der Waals surface area contributed by atoms with Gasteiger partial charge in [-0.3, -0.25) is 4.79 Å². The predicted molar refractivity (Wildman–Crippen MR) is 67.0 cm³/mol. The zero-order chi connectivity index (χ0) is 13.8. The first-order chi connectivity index (χ1) is 9.04. The molecule has 1 aliphatic rings. The summed E-state index contributed by atoms with van der Waals surface area (Å²) in [4.78, 5) is 22.8. The van der Waals surface area contributed by atoms with Crippen LogP contribution in [-0.2, 0) is 16.0 Å². The Morgan fingerprint density at radius 1 is 1.42 bits per heavy atom. The quantitative estimate of drug-likeness (QED) is 0.823. The monoisotopic (exact) mass is 265 g/mol. The minimum Gasteiger partial charge on any atom is -0.480 e. The Hall–Kier alpha value is -1.91. The summed E-state index contributed by atoms with van der Waals surface area (Å²) in [7, 11) is 0. The molecule has 1 fully saturated rings. The number of benzene rings is 1. The lowest BCUT2D eigenvalue weighted by molar-refractivity contribution is -0.142. The smallest absolute Gasteiger partial charge is 0.326 e. The van der Waals surface area contributed by atoms with E-state index in [1.165, 1.54) is 18.2 Å². The van der Waals surface area contributed by atoms with E-state index in [-0.39, 0.29) is 6.42 Å². The molecule has 1 amide bonds. The molecule has 0 aliphatic heterocycles. The molecule has 2 rings (SSSR count). The van der Waals surface area contributed by atoms with Crippen LogP contribution in [0.15, 0.2) is 24.3 Å². The standard InChI is InChI=1S/C14H16FNO3/c15-11-3-1-2-10(6-11)8-13(17)16-12(14(18)19)7-9-4-5-9/h1-3,6,9,12H,4-5,7-8H2,(H,16,17)(H,18,19)/t12-/m1/s1. The second kappa shape index (κ2) is 5.82. The summed E-state index contributed by atoms with van der Waals surface area (Å²) in [6, 6.07) is 4.90. The molecular weight excluding hydrogens is 249 g/mol. The third-order valence-corrected chi connectivity index (χ3v) is 3.15. The van der Waals surface area contributed by atoms with Gasteiger partial charge in [-0.05, 0) is 30.0 Å². The molecule has 1 atom stereocenters. The maximum Gasteiger partial charge on any atom is 0.326 e. The van der Waals surface area contributed by atoms with Crippen molar-refractivity contribution in [2.24, 2.45) is 5.92 Å². The van der Waals surface area contributed by atoms with Gasteiger partial charge in [0.05, 0.1) is 6.42 Å². The lowest BCUT2D eigenvalue weighted by Gasteiger charge is -2.14. The molecule has 0 unspecified atom stereocenters. The lowest BCUT2D eigenvalue weighted by Crippen LogP contribution is -2.41. The van der Waals surface area contributed by atoms with Crippen molar-refractivity contribution in [3.63, 3.8) is 0 Å². The molecule has 5 heteroatoms. The van der Waals surface area contributed by atoms with Crippen LogP contribution in [0.3, 0.4) is 0 Å². The number of carbonyl (C=O) groups is 2. The minimum absolute atomic E-state index is 0.00773. The van der Waals surface area contributed by atoms with Gasteiger partial charge in [0.1, 0.15) is 11.9 Å². The van der Waals surface area contributed by atoms with E-state index in [1.54, 1.807) is 6.07 Å². The van der Waals surface area contributed by atoms with Gasteiger partial charge in [-0.2, -0.15) is 0 Å². The average Bonchev–Trinajstić information content (AvgIpc) is 3.11. The average molecular weight is 265 g/mol. The van der Waals surface area contributed by atoms with Gasteiger partial charge in [0.25, 0.3) is 0 Å². The molecule has 1 aromatic carbocycles. The van der Waals surface area contributed by atoms with Gasteiger partial charge >= 0.3 is 5.97 Å². The van der Waals surface area contributed by atoms with Crippen molar-refractivity contribution in [1.82, 2.24) is 5.32 Å². The van der Waals surface area contributed by atoms with Crippen LogP contribution in [0.5, 0.6) is 0 Å². The minimum atomic E-state index is -1.01. The Kier molecular flexibility index (Phi) is 4.14. The summed E-state index contributed by atoms with van der Waals surface area (Å²) in [6.45, 7) is 0. The molecule has 1 saturated carbocycles. The SMILES string of the molecule is O=C(Cc1cccc(F)c1)N[C@H](CC1CC1)C(=O)O. The summed E-state index contributed by atoms with van der Waals surface area (Å²) in [6.07, 6.45) is 2.53. The normalized spacial score (nSPS) is 15.8. The maximum absolute atomic E-state index is 13.0. The predicted octanol–water partition coefficient (Wildman–Crippen LogP) is 1.74. The van der Waals surface area contributed by atoms with Crippen LogP contribution in [0, 0.1) is 11.7 Å².